The Morgan fingerprint density at radius 2 is 1.76 bits per heavy atom. The number of halogens is 1. The number of nitrogens with zero attached hydrogens (tertiary/aromatic N) is 1. The van der Waals surface area contributed by atoms with Crippen LogP contribution in [-0.2, 0) is 9.59 Å². The number of carbonyl (C=O) groups excluding carboxylic acids is 2. The highest BCUT2D eigenvalue weighted by Crippen LogP contribution is 2.11. The molecule has 29 heavy (non-hydrogen) atoms. The Balaban J connectivity index is 1.47. The Kier molecular flexibility index (Phi) is 6.95. The van der Waals surface area contributed by atoms with Gasteiger partial charge in [0.15, 0.2) is 12.6 Å². The maximum absolute atomic E-state index is 13.2. The molecule has 2 amide bonds. The Morgan fingerprint density at radius 3 is 2.41 bits per heavy atom. The van der Waals surface area contributed by atoms with Gasteiger partial charge in [-0.25, -0.2) is 4.39 Å². The van der Waals surface area contributed by atoms with E-state index in [4.69, 9.17) is 0 Å². The number of piperazine rings is 1. The van der Waals surface area contributed by atoms with Crippen molar-refractivity contribution in [2.75, 3.05) is 50.0 Å². The van der Waals surface area contributed by atoms with Crippen molar-refractivity contribution in [2.24, 2.45) is 0 Å². The summed E-state index contributed by atoms with van der Waals surface area (Å²) in [6.45, 7) is 5.61. The van der Waals surface area contributed by atoms with E-state index in [-0.39, 0.29) is 23.7 Å². The minimum Gasteiger partial charge on any atom is -0.321 e. The number of hydrogen-bond acceptors (Lipinski definition) is 2. The van der Waals surface area contributed by atoms with Gasteiger partial charge in [-0.2, -0.15) is 0 Å². The summed E-state index contributed by atoms with van der Waals surface area (Å²) in [6.07, 6.45) is 0. The van der Waals surface area contributed by atoms with Crippen molar-refractivity contribution in [2.45, 2.75) is 13.0 Å². The van der Waals surface area contributed by atoms with E-state index in [1.807, 2.05) is 44.3 Å². The summed E-state index contributed by atoms with van der Waals surface area (Å²) in [7, 11) is 1.81. The number of nitrogens with one attached hydrogen (secondary N) is 3. The number of carbonyl (C=O) groups is 2. The smallest absolute Gasteiger partial charge is 0.284 e. The van der Waals surface area contributed by atoms with Crippen LogP contribution < -0.4 is 20.0 Å². The Bertz CT molecular complexity index is 838. The van der Waals surface area contributed by atoms with Gasteiger partial charge in [0, 0.05) is 18.4 Å². The molecule has 2 aromatic rings. The molecule has 0 spiro atoms. The lowest BCUT2D eigenvalue weighted by atomic mass is 10.2. The topological polar surface area (TPSA) is 58.3 Å². The summed E-state index contributed by atoms with van der Waals surface area (Å²) in [5.41, 5.74) is 1.36. The average molecular weight is 400 g/mol. The quantitative estimate of drug-likeness (QED) is 0.618. The van der Waals surface area contributed by atoms with Crippen LogP contribution >= 0.6 is 0 Å². The Hall–Kier alpha value is -2.77. The fraction of sp³-hybridized carbons (Fsp3) is 0.364. The van der Waals surface area contributed by atoms with Crippen LogP contribution in [0.15, 0.2) is 54.6 Å². The molecular formula is C22H29FN4O2+2. The number of rotatable bonds is 6. The zero-order chi connectivity index (χ0) is 20.8. The van der Waals surface area contributed by atoms with Crippen molar-refractivity contribution in [3.05, 3.63) is 60.4 Å². The molecule has 154 valence electrons. The van der Waals surface area contributed by atoms with Gasteiger partial charge in [-0.05, 0) is 37.3 Å². The second kappa shape index (κ2) is 9.62. The van der Waals surface area contributed by atoms with Crippen molar-refractivity contribution in [1.29, 1.82) is 0 Å². The third-order valence-electron chi connectivity index (χ3n) is 5.58. The highest BCUT2D eigenvalue weighted by Gasteiger charge is 2.33. The highest BCUT2D eigenvalue weighted by atomic mass is 19.1. The third kappa shape index (κ3) is 5.62. The monoisotopic (exact) mass is 400 g/mol. The van der Waals surface area contributed by atoms with E-state index in [1.54, 1.807) is 17.0 Å². The van der Waals surface area contributed by atoms with E-state index < -0.39 is 0 Å². The first-order valence-corrected chi connectivity index (χ1v) is 10.00. The molecule has 1 heterocycles. The van der Waals surface area contributed by atoms with Crippen LogP contribution in [0.5, 0.6) is 0 Å². The van der Waals surface area contributed by atoms with Gasteiger partial charge in [0.1, 0.15) is 32.0 Å². The molecule has 0 saturated carbocycles. The van der Waals surface area contributed by atoms with Crippen molar-refractivity contribution in [3.63, 3.8) is 0 Å². The van der Waals surface area contributed by atoms with Crippen LogP contribution in [-0.4, -0.2) is 57.6 Å². The SMILES string of the molecule is C[C@H](C(=O)N(C)c1ccccc1)[NH+]1CC[NH+](CC(=O)Nc2cccc(F)c2)CC1. The zero-order valence-electron chi connectivity index (χ0n) is 17.0. The van der Waals surface area contributed by atoms with Gasteiger partial charge >= 0.3 is 0 Å². The molecule has 3 rings (SSSR count). The summed E-state index contributed by atoms with van der Waals surface area (Å²) in [5, 5.41) is 2.75. The molecule has 1 fully saturated rings. The summed E-state index contributed by atoms with van der Waals surface area (Å²) < 4.78 is 13.2. The molecule has 0 aliphatic carbocycles. The van der Waals surface area contributed by atoms with E-state index in [9.17, 15) is 14.0 Å². The highest BCUT2D eigenvalue weighted by molar-refractivity contribution is 5.95. The van der Waals surface area contributed by atoms with Gasteiger partial charge < -0.3 is 20.0 Å². The molecule has 1 aliphatic rings. The van der Waals surface area contributed by atoms with Crippen molar-refractivity contribution < 1.29 is 23.8 Å². The van der Waals surface area contributed by atoms with Crippen molar-refractivity contribution in [3.8, 4) is 0 Å². The summed E-state index contributed by atoms with van der Waals surface area (Å²) in [4.78, 5) is 29.2. The number of para-hydroxylation sites is 1. The third-order valence-corrected chi connectivity index (χ3v) is 5.58. The van der Waals surface area contributed by atoms with Crippen LogP contribution in [0.1, 0.15) is 6.92 Å². The summed E-state index contributed by atoms with van der Waals surface area (Å²) >= 11 is 0. The minimum atomic E-state index is -0.369. The standard InChI is InChI=1S/C22H27FN4O2/c1-17(22(29)25(2)20-9-4-3-5-10-20)27-13-11-26(12-14-27)16-21(28)24-19-8-6-7-18(23)15-19/h3-10,15,17H,11-14,16H2,1-2H3,(H,24,28)/p+2/t17-/m1/s1. The second-order valence-electron chi connectivity index (χ2n) is 7.60. The lowest BCUT2D eigenvalue weighted by molar-refractivity contribution is -1.01. The molecule has 6 nitrogen and oxygen atoms in total. The molecule has 0 radical (unpaired) electrons. The number of benzene rings is 2. The van der Waals surface area contributed by atoms with E-state index in [0.29, 0.717) is 12.2 Å². The maximum atomic E-state index is 13.2. The molecule has 1 atom stereocenters. The van der Waals surface area contributed by atoms with Crippen molar-refractivity contribution in [1.82, 2.24) is 0 Å². The van der Waals surface area contributed by atoms with Gasteiger partial charge in [-0.3, -0.25) is 9.59 Å². The molecule has 0 bridgehead atoms. The predicted molar refractivity (Wildman–Crippen MR) is 111 cm³/mol. The molecule has 0 unspecified atom stereocenters. The van der Waals surface area contributed by atoms with E-state index in [1.165, 1.54) is 21.9 Å². The van der Waals surface area contributed by atoms with Crippen LogP contribution in [0, 0.1) is 5.82 Å². The lowest BCUT2D eigenvalue weighted by Crippen LogP contribution is -3.30. The molecule has 0 aromatic heterocycles. The number of hydrogen-bond donors (Lipinski definition) is 3. The molecule has 1 aliphatic heterocycles. The number of likely N-dealkylation sites (N-methyl/N-ethyl adjacent to an activating group) is 1. The maximum Gasteiger partial charge on any atom is 0.284 e. The minimum absolute atomic E-state index is 0.0958. The summed E-state index contributed by atoms with van der Waals surface area (Å²) in [5.74, 6) is -0.396. The molecular weight excluding hydrogens is 371 g/mol. The van der Waals surface area contributed by atoms with E-state index >= 15 is 0 Å². The zero-order valence-corrected chi connectivity index (χ0v) is 17.0. The average Bonchev–Trinajstić information content (AvgIpc) is 2.73. The Morgan fingerprint density at radius 1 is 1.07 bits per heavy atom. The van der Waals surface area contributed by atoms with Gasteiger partial charge in [-0.15, -0.1) is 0 Å². The first-order valence-electron chi connectivity index (χ1n) is 10.00. The second-order valence-corrected chi connectivity index (χ2v) is 7.60. The van der Waals surface area contributed by atoms with Gasteiger partial charge in [0.25, 0.3) is 11.8 Å². The molecule has 7 heteroatoms. The first-order chi connectivity index (χ1) is 13.9. The van der Waals surface area contributed by atoms with Crippen LogP contribution in [0.3, 0.4) is 0 Å². The van der Waals surface area contributed by atoms with Gasteiger partial charge in [0.05, 0.1) is 0 Å². The van der Waals surface area contributed by atoms with Crippen LogP contribution in [0.25, 0.3) is 0 Å². The molecule has 1 saturated heterocycles. The van der Waals surface area contributed by atoms with Gasteiger partial charge in [0.2, 0.25) is 0 Å². The molecule has 3 N–H and O–H groups in total. The van der Waals surface area contributed by atoms with E-state index in [0.717, 1.165) is 31.9 Å². The summed E-state index contributed by atoms with van der Waals surface area (Å²) in [6, 6.07) is 15.4. The number of anilines is 2. The Labute approximate surface area is 170 Å². The van der Waals surface area contributed by atoms with Crippen LogP contribution in [0.4, 0.5) is 15.8 Å². The fourth-order valence-electron chi connectivity index (χ4n) is 3.78. The largest absolute Gasteiger partial charge is 0.321 e. The first kappa shape index (κ1) is 21.0. The lowest BCUT2D eigenvalue weighted by Gasteiger charge is -2.33. The number of quaternary nitrogens is 2. The van der Waals surface area contributed by atoms with Crippen molar-refractivity contribution >= 4 is 23.2 Å². The van der Waals surface area contributed by atoms with Crippen LogP contribution in [0.2, 0.25) is 0 Å². The van der Waals surface area contributed by atoms with E-state index in [2.05, 4.69) is 5.32 Å². The fourth-order valence-corrected chi connectivity index (χ4v) is 3.78. The predicted octanol–water partition coefficient (Wildman–Crippen LogP) is -0.401. The number of amides is 2. The molecule has 2 aromatic carbocycles. The normalized spacial score (nSPS) is 20.0. The van der Waals surface area contributed by atoms with Gasteiger partial charge in [-0.1, -0.05) is 24.3 Å².